The Labute approximate surface area is 115 Å². The van der Waals surface area contributed by atoms with Crippen LogP contribution in [0.5, 0.6) is 5.75 Å². The minimum atomic E-state index is 0.586. The van der Waals surface area contributed by atoms with E-state index in [2.05, 4.69) is 32.9 Å². The molecule has 0 saturated heterocycles. The first-order valence-electron chi connectivity index (χ1n) is 6.53. The van der Waals surface area contributed by atoms with Crippen LogP contribution in [0.1, 0.15) is 27.8 Å². The van der Waals surface area contributed by atoms with Crippen molar-refractivity contribution < 1.29 is 4.74 Å². The summed E-state index contributed by atoms with van der Waals surface area (Å²) < 4.78 is 5.93. The fraction of sp³-hybridized carbons (Fsp3) is 0.294. The molecule has 0 aliphatic heterocycles. The van der Waals surface area contributed by atoms with Gasteiger partial charge in [0.05, 0.1) is 0 Å². The van der Waals surface area contributed by atoms with Gasteiger partial charge in [0, 0.05) is 11.3 Å². The Bertz CT molecular complexity index is 579. The molecule has 2 aromatic carbocycles. The van der Waals surface area contributed by atoms with Crippen LogP contribution in [0.25, 0.3) is 0 Å². The summed E-state index contributed by atoms with van der Waals surface area (Å²) >= 11 is 0. The van der Waals surface area contributed by atoms with Crippen molar-refractivity contribution in [2.45, 2.75) is 34.3 Å². The van der Waals surface area contributed by atoms with Gasteiger partial charge in [-0.2, -0.15) is 0 Å². The van der Waals surface area contributed by atoms with E-state index in [0.717, 1.165) is 17.0 Å². The zero-order chi connectivity index (χ0) is 14.0. The van der Waals surface area contributed by atoms with Gasteiger partial charge in [-0.25, -0.2) is 0 Å². The third-order valence-corrected chi connectivity index (χ3v) is 3.54. The van der Waals surface area contributed by atoms with Gasteiger partial charge in [0.2, 0.25) is 0 Å². The highest BCUT2D eigenvalue weighted by molar-refractivity contribution is 5.53. The average molecular weight is 255 g/mol. The number of hydrogen-bond acceptors (Lipinski definition) is 2. The van der Waals surface area contributed by atoms with E-state index in [4.69, 9.17) is 10.5 Å². The maximum Gasteiger partial charge on any atom is 0.124 e. The number of benzene rings is 2. The molecule has 0 aliphatic rings. The predicted octanol–water partition coefficient (Wildman–Crippen LogP) is 4.08. The number of hydrogen-bond donors (Lipinski definition) is 1. The van der Waals surface area contributed by atoms with Crippen LogP contribution < -0.4 is 10.5 Å². The van der Waals surface area contributed by atoms with Crippen LogP contribution >= 0.6 is 0 Å². The molecule has 2 N–H and O–H groups in total. The molecule has 0 heterocycles. The van der Waals surface area contributed by atoms with Crippen LogP contribution in [0.2, 0.25) is 0 Å². The molecule has 0 amide bonds. The van der Waals surface area contributed by atoms with Gasteiger partial charge in [-0.05, 0) is 56.5 Å². The van der Waals surface area contributed by atoms with Gasteiger partial charge in [0.1, 0.15) is 12.4 Å². The summed E-state index contributed by atoms with van der Waals surface area (Å²) in [4.78, 5) is 0. The topological polar surface area (TPSA) is 35.2 Å². The van der Waals surface area contributed by atoms with E-state index < -0.39 is 0 Å². The second-order valence-corrected chi connectivity index (χ2v) is 5.14. The van der Waals surface area contributed by atoms with Gasteiger partial charge >= 0.3 is 0 Å². The summed E-state index contributed by atoms with van der Waals surface area (Å²) in [5.41, 5.74) is 12.8. The second kappa shape index (κ2) is 5.35. The van der Waals surface area contributed by atoms with Gasteiger partial charge in [-0.3, -0.25) is 0 Å². The number of ether oxygens (including phenoxy) is 1. The van der Waals surface area contributed by atoms with E-state index in [1.807, 2.05) is 25.1 Å². The molecule has 0 saturated carbocycles. The highest BCUT2D eigenvalue weighted by Gasteiger charge is 2.07. The summed E-state index contributed by atoms with van der Waals surface area (Å²) in [5.74, 6) is 0.861. The van der Waals surface area contributed by atoms with Crippen molar-refractivity contribution in [2.24, 2.45) is 0 Å². The van der Waals surface area contributed by atoms with Crippen molar-refractivity contribution in [3.63, 3.8) is 0 Å². The first-order chi connectivity index (χ1) is 8.99. The van der Waals surface area contributed by atoms with Crippen molar-refractivity contribution in [3.05, 3.63) is 58.1 Å². The van der Waals surface area contributed by atoms with E-state index in [1.165, 1.54) is 22.3 Å². The lowest BCUT2D eigenvalue weighted by atomic mass is 10.0. The van der Waals surface area contributed by atoms with Crippen LogP contribution in [-0.2, 0) is 6.61 Å². The minimum Gasteiger partial charge on any atom is -0.489 e. The van der Waals surface area contributed by atoms with Gasteiger partial charge in [-0.15, -0.1) is 0 Å². The molecule has 2 aromatic rings. The summed E-state index contributed by atoms with van der Waals surface area (Å²) in [6, 6.07) is 10.2. The predicted molar refractivity (Wildman–Crippen MR) is 80.6 cm³/mol. The first-order valence-corrected chi connectivity index (χ1v) is 6.53. The van der Waals surface area contributed by atoms with E-state index in [0.29, 0.717) is 6.61 Å². The second-order valence-electron chi connectivity index (χ2n) is 5.14. The first kappa shape index (κ1) is 13.5. The third kappa shape index (κ3) is 2.90. The molecule has 0 bridgehead atoms. The van der Waals surface area contributed by atoms with Crippen LogP contribution in [0.4, 0.5) is 5.69 Å². The fourth-order valence-electron chi connectivity index (χ4n) is 2.38. The van der Waals surface area contributed by atoms with E-state index in [9.17, 15) is 0 Å². The molecule has 2 heteroatoms. The molecule has 0 aliphatic carbocycles. The molecule has 0 unspecified atom stereocenters. The average Bonchev–Trinajstić information content (AvgIpc) is 2.33. The molecule has 0 atom stereocenters. The molecule has 100 valence electrons. The SMILES string of the molecule is Cc1cc(C)c(COc2cccc(N)c2C)c(C)c1. The quantitative estimate of drug-likeness (QED) is 0.839. The molecular weight excluding hydrogens is 234 g/mol. The van der Waals surface area contributed by atoms with Crippen molar-refractivity contribution in [1.82, 2.24) is 0 Å². The van der Waals surface area contributed by atoms with Crippen LogP contribution in [0, 0.1) is 27.7 Å². The Morgan fingerprint density at radius 1 is 1.00 bits per heavy atom. The molecule has 0 radical (unpaired) electrons. The lowest BCUT2D eigenvalue weighted by Crippen LogP contribution is -2.03. The molecular formula is C17H21NO. The molecule has 0 aromatic heterocycles. The Morgan fingerprint density at radius 2 is 1.63 bits per heavy atom. The van der Waals surface area contributed by atoms with E-state index >= 15 is 0 Å². The van der Waals surface area contributed by atoms with Crippen molar-refractivity contribution in [3.8, 4) is 5.75 Å². The molecule has 0 spiro atoms. The normalized spacial score (nSPS) is 10.5. The number of anilines is 1. The number of nitrogens with two attached hydrogens (primary N) is 1. The molecule has 2 rings (SSSR count). The van der Waals surface area contributed by atoms with Gasteiger partial charge in [-0.1, -0.05) is 23.8 Å². The maximum atomic E-state index is 5.93. The Kier molecular flexibility index (Phi) is 3.79. The van der Waals surface area contributed by atoms with Gasteiger partial charge in [0.15, 0.2) is 0 Å². The smallest absolute Gasteiger partial charge is 0.124 e. The fourth-order valence-corrected chi connectivity index (χ4v) is 2.38. The summed E-state index contributed by atoms with van der Waals surface area (Å²) in [6.07, 6.45) is 0. The molecule has 0 fully saturated rings. The van der Waals surface area contributed by atoms with E-state index in [1.54, 1.807) is 0 Å². The van der Waals surface area contributed by atoms with Crippen molar-refractivity contribution in [2.75, 3.05) is 5.73 Å². The third-order valence-electron chi connectivity index (χ3n) is 3.54. The van der Waals surface area contributed by atoms with Crippen molar-refractivity contribution in [1.29, 1.82) is 0 Å². The molecule has 2 nitrogen and oxygen atoms in total. The summed E-state index contributed by atoms with van der Waals surface area (Å²) in [7, 11) is 0. The number of rotatable bonds is 3. The van der Waals surface area contributed by atoms with Gasteiger partial charge < -0.3 is 10.5 Å². The Morgan fingerprint density at radius 3 is 2.26 bits per heavy atom. The Hall–Kier alpha value is -1.96. The van der Waals surface area contributed by atoms with Crippen molar-refractivity contribution >= 4 is 5.69 Å². The Balaban J connectivity index is 2.22. The highest BCUT2D eigenvalue weighted by atomic mass is 16.5. The molecule has 19 heavy (non-hydrogen) atoms. The minimum absolute atomic E-state index is 0.586. The lowest BCUT2D eigenvalue weighted by molar-refractivity contribution is 0.302. The van der Waals surface area contributed by atoms with Crippen LogP contribution in [0.3, 0.4) is 0 Å². The monoisotopic (exact) mass is 255 g/mol. The summed E-state index contributed by atoms with van der Waals surface area (Å²) in [6.45, 7) is 8.95. The van der Waals surface area contributed by atoms with Gasteiger partial charge in [0.25, 0.3) is 0 Å². The largest absolute Gasteiger partial charge is 0.489 e. The standard InChI is InChI=1S/C17H21NO/c1-11-8-12(2)15(13(3)9-11)10-19-17-7-5-6-16(18)14(17)4/h5-9H,10,18H2,1-4H3. The maximum absolute atomic E-state index is 5.93. The number of aryl methyl sites for hydroxylation is 3. The lowest BCUT2D eigenvalue weighted by Gasteiger charge is -2.14. The van der Waals surface area contributed by atoms with Crippen LogP contribution in [-0.4, -0.2) is 0 Å². The zero-order valence-electron chi connectivity index (χ0n) is 12.1. The number of nitrogen functional groups attached to an aromatic ring is 1. The van der Waals surface area contributed by atoms with E-state index in [-0.39, 0.29) is 0 Å². The zero-order valence-corrected chi connectivity index (χ0v) is 12.1. The van der Waals surface area contributed by atoms with Crippen LogP contribution in [0.15, 0.2) is 30.3 Å². The highest BCUT2D eigenvalue weighted by Crippen LogP contribution is 2.25. The summed E-state index contributed by atoms with van der Waals surface area (Å²) in [5, 5.41) is 0.